The van der Waals surface area contributed by atoms with Crippen LogP contribution in [0.3, 0.4) is 0 Å². The molecule has 0 aliphatic rings. The molecule has 0 saturated heterocycles. The van der Waals surface area contributed by atoms with Crippen LogP contribution in [0.1, 0.15) is 62.4 Å². The van der Waals surface area contributed by atoms with E-state index in [1.807, 2.05) is 22.7 Å². The van der Waals surface area contributed by atoms with Crippen molar-refractivity contribution in [3.63, 3.8) is 0 Å². The minimum atomic E-state index is 0.245. The molecule has 0 aromatic carbocycles. The van der Waals surface area contributed by atoms with Crippen LogP contribution >= 0.6 is 22.7 Å². The molecule has 0 amide bonds. The van der Waals surface area contributed by atoms with Gasteiger partial charge in [-0.25, -0.2) is 0 Å². The first-order chi connectivity index (χ1) is 8.03. The summed E-state index contributed by atoms with van der Waals surface area (Å²) in [4.78, 5) is 2.99. The molecular weight excluding hydrogens is 256 g/mol. The third kappa shape index (κ3) is 2.14. The average molecular weight is 281 g/mol. The molecule has 0 nitrogen and oxygen atoms in total. The molecule has 0 atom stereocenters. The fourth-order valence-electron chi connectivity index (χ4n) is 2.89. The molecule has 0 saturated carbocycles. The van der Waals surface area contributed by atoms with Crippen molar-refractivity contribution in [2.24, 2.45) is 0 Å². The Bertz CT molecular complexity index is 529. The zero-order valence-corrected chi connectivity index (χ0v) is 14.4. The summed E-state index contributed by atoms with van der Waals surface area (Å²) in [5.41, 5.74) is 3.61. The Hall–Kier alpha value is -0.340. The van der Waals surface area contributed by atoms with Crippen molar-refractivity contribution in [1.82, 2.24) is 0 Å². The molecule has 2 aromatic heterocycles. The Morgan fingerprint density at radius 1 is 0.611 bits per heavy atom. The SMILES string of the molecule is Cc1sc2c(C(C)(C)C)c(C)sc2c1C(C)(C)C. The van der Waals surface area contributed by atoms with Gasteiger partial charge in [-0.1, -0.05) is 41.5 Å². The zero-order valence-electron chi connectivity index (χ0n) is 12.8. The molecule has 0 N–H and O–H groups in total. The van der Waals surface area contributed by atoms with Crippen molar-refractivity contribution >= 4 is 32.1 Å². The fourth-order valence-corrected chi connectivity index (χ4v) is 6.41. The van der Waals surface area contributed by atoms with Gasteiger partial charge in [-0.15, -0.1) is 22.7 Å². The summed E-state index contributed by atoms with van der Waals surface area (Å²) < 4.78 is 3.07. The molecule has 0 aliphatic carbocycles. The van der Waals surface area contributed by atoms with Crippen LogP contribution in [0, 0.1) is 13.8 Å². The molecule has 0 bridgehead atoms. The van der Waals surface area contributed by atoms with E-state index in [-0.39, 0.29) is 10.8 Å². The minimum Gasteiger partial charge on any atom is -0.139 e. The largest absolute Gasteiger partial charge is 0.139 e. The Morgan fingerprint density at radius 2 is 0.889 bits per heavy atom. The number of aryl methyl sites for hydroxylation is 2. The molecule has 2 aromatic rings. The van der Waals surface area contributed by atoms with Crippen LogP contribution in [0.2, 0.25) is 0 Å². The third-order valence-corrected chi connectivity index (χ3v) is 5.75. The van der Waals surface area contributed by atoms with Crippen molar-refractivity contribution in [2.45, 2.75) is 66.2 Å². The summed E-state index contributed by atoms with van der Waals surface area (Å²) in [5.74, 6) is 0. The van der Waals surface area contributed by atoms with Gasteiger partial charge < -0.3 is 0 Å². The molecule has 2 heteroatoms. The predicted molar refractivity (Wildman–Crippen MR) is 86.6 cm³/mol. The lowest BCUT2D eigenvalue weighted by Crippen LogP contribution is -2.11. The topological polar surface area (TPSA) is 0 Å². The van der Waals surface area contributed by atoms with Crippen molar-refractivity contribution in [1.29, 1.82) is 0 Å². The van der Waals surface area contributed by atoms with Gasteiger partial charge in [0.25, 0.3) is 0 Å². The van der Waals surface area contributed by atoms with Crippen LogP contribution < -0.4 is 0 Å². The number of thiophene rings is 2. The minimum absolute atomic E-state index is 0.245. The summed E-state index contributed by atoms with van der Waals surface area (Å²) >= 11 is 3.98. The highest BCUT2D eigenvalue weighted by atomic mass is 32.1. The van der Waals surface area contributed by atoms with E-state index in [1.54, 1.807) is 11.1 Å². The van der Waals surface area contributed by atoms with Crippen LogP contribution in [0.4, 0.5) is 0 Å². The van der Waals surface area contributed by atoms with Crippen LogP contribution in [0.25, 0.3) is 9.40 Å². The number of fused-ring (bicyclic) bond motifs is 1. The van der Waals surface area contributed by atoms with Crippen molar-refractivity contribution in [3.8, 4) is 0 Å². The second kappa shape index (κ2) is 4.08. The highest BCUT2D eigenvalue weighted by molar-refractivity contribution is 7.28. The molecule has 0 radical (unpaired) electrons. The van der Waals surface area contributed by atoms with Crippen LogP contribution in [0.15, 0.2) is 0 Å². The Labute approximate surface area is 119 Å². The van der Waals surface area contributed by atoms with Gasteiger partial charge >= 0.3 is 0 Å². The van der Waals surface area contributed by atoms with Gasteiger partial charge in [0.05, 0.1) is 0 Å². The molecule has 0 unspecified atom stereocenters. The molecule has 0 aliphatic heterocycles. The lowest BCUT2D eigenvalue weighted by molar-refractivity contribution is 0.593. The Kier molecular flexibility index (Phi) is 3.19. The van der Waals surface area contributed by atoms with E-state index in [4.69, 9.17) is 0 Å². The smallest absolute Gasteiger partial charge is 0.0496 e. The Morgan fingerprint density at radius 3 is 1.11 bits per heavy atom. The van der Waals surface area contributed by atoms with E-state index in [9.17, 15) is 0 Å². The van der Waals surface area contributed by atoms with E-state index >= 15 is 0 Å². The molecule has 2 rings (SSSR count). The van der Waals surface area contributed by atoms with Crippen molar-refractivity contribution in [2.75, 3.05) is 0 Å². The van der Waals surface area contributed by atoms with Gasteiger partial charge in [-0.2, -0.15) is 0 Å². The second-order valence-corrected chi connectivity index (χ2v) is 9.67. The van der Waals surface area contributed by atoms with Gasteiger partial charge in [-0.3, -0.25) is 0 Å². The first kappa shape index (κ1) is 14.1. The summed E-state index contributed by atoms with van der Waals surface area (Å²) in [6.45, 7) is 18.5. The number of rotatable bonds is 0. The molecule has 2 heterocycles. The van der Waals surface area contributed by atoms with Crippen molar-refractivity contribution < 1.29 is 0 Å². The van der Waals surface area contributed by atoms with Gasteiger partial charge in [0.15, 0.2) is 0 Å². The highest BCUT2D eigenvalue weighted by Crippen LogP contribution is 2.48. The molecule has 18 heavy (non-hydrogen) atoms. The maximum Gasteiger partial charge on any atom is 0.0496 e. The van der Waals surface area contributed by atoms with Gasteiger partial charge in [0.1, 0.15) is 0 Å². The maximum absolute atomic E-state index is 2.33. The fraction of sp³-hybridized carbons (Fsp3) is 0.625. The van der Waals surface area contributed by atoms with Crippen LogP contribution in [0.5, 0.6) is 0 Å². The first-order valence-electron chi connectivity index (χ1n) is 6.57. The lowest BCUT2D eigenvalue weighted by atomic mass is 9.85. The molecular formula is C16H24S2. The van der Waals surface area contributed by atoms with E-state index in [1.165, 1.54) is 19.2 Å². The van der Waals surface area contributed by atoms with E-state index < -0.39 is 0 Å². The monoisotopic (exact) mass is 280 g/mol. The Balaban J connectivity index is 2.84. The van der Waals surface area contributed by atoms with E-state index in [0.29, 0.717) is 0 Å². The van der Waals surface area contributed by atoms with Crippen LogP contribution in [-0.2, 0) is 10.8 Å². The van der Waals surface area contributed by atoms with Gasteiger partial charge in [-0.05, 0) is 35.8 Å². The molecule has 0 fully saturated rings. The summed E-state index contributed by atoms with van der Waals surface area (Å²) in [6, 6.07) is 0. The first-order valence-corrected chi connectivity index (χ1v) is 8.20. The zero-order chi connectivity index (χ0) is 13.9. The second-order valence-electron chi connectivity index (χ2n) is 7.22. The van der Waals surface area contributed by atoms with Gasteiger partial charge in [0.2, 0.25) is 0 Å². The third-order valence-electron chi connectivity index (χ3n) is 3.37. The molecule has 0 spiro atoms. The summed E-state index contributed by atoms with van der Waals surface area (Å²) in [5, 5.41) is 0. The average Bonchev–Trinajstić information content (AvgIpc) is 2.52. The van der Waals surface area contributed by atoms with Gasteiger partial charge in [0, 0.05) is 19.2 Å². The number of hydrogen-bond acceptors (Lipinski definition) is 2. The quantitative estimate of drug-likeness (QED) is 0.541. The maximum atomic E-state index is 2.33. The van der Waals surface area contributed by atoms with Crippen LogP contribution in [-0.4, -0.2) is 0 Å². The summed E-state index contributed by atoms with van der Waals surface area (Å²) in [7, 11) is 0. The standard InChI is InChI=1S/C16H24S2/c1-9-11(15(3,4)5)13-14(17-9)12(10(2)18-13)16(6,7)8/h1-8H3. The number of hydrogen-bond donors (Lipinski definition) is 0. The van der Waals surface area contributed by atoms with E-state index in [2.05, 4.69) is 55.4 Å². The normalized spacial score (nSPS) is 13.6. The highest BCUT2D eigenvalue weighted by Gasteiger charge is 2.29. The summed E-state index contributed by atoms with van der Waals surface area (Å²) in [6.07, 6.45) is 0. The van der Waals surface area contributed by atoms with Crippen molar-refractivity contribution in [3.05, 3.63) is 20.9 Å². The molecule has 100 valence electrons. The predicted octanol–water partition coefficient (Wildman–Crippen LogP) is 6.17. The lowest BCUT2D eigenvalue weighted by Gasteiger charge is -2.18. The van der Waals surface area contributed by atoms with E-state index in [0.717, 1.165) is 0 Å².